The van der Waals surface area contributed by atoms with E-state index in [-0.39, 0.29) is 24.4 Å². The van der Waals surface area contributed by atoms with Crippen LogP contribution in [0.1, 0.15) is 29.5 Å². The van der Waals surface area contributed by atoms with E-state index in [0.29, 0.717) is 18.9 Å². The average Bonchev–Trinajstić information content (AvgIpc) is 3.18. The molecule has 3 N–H and O–H groups in total. The smallest absolute Gasteiger partial charge is 0.261 e. The third-order valence-electron chi connectivity index (χ3n) is 4.38. The lowest BCUT2D eigenvalue weighted by molar-refractivity contribution is -0.127. The molecule has 1 aliphatic carbocycles. The first-order valence-electron chi connectivity index (χ1n) is 7.34. The number of amides is 1. The van der Waals surface area contributed by atoms with E-state index in [9.17, 15) is 4.79 Å². The highest BCUT2D eigenvalue weighted by Crippen LogP contribution is 2.32. The minimum Gasteiger partial charge on any atom is -0.480 e. The molecule has 2 aliphatic rings. The summed E-state index contributed by atoms with van der Waals surface area (Å²) in [5.74, 6) is 1.40. The van der Waals surface area contributed by atoms with E-state index in [0.717, 1.165) is 11.3 Å². The van der Waals surface area contributed by atoms with E-state index >= 15 is 0 Å². The Bertz CT molecular complexity index is 512. The lowest BCUT2D eigenvalue weighted by atomic mass is 10.0. The fourth-order valence-electron chi connectivity index (χ4n) is 2.68. The topological polar surface area (TPSA) is 64.3 Å². The average molecular weight is 311 g/mol. The van der Waals surface area contributed by atoms with E-state index in [1.54, 1.807) is 0 Å². The monoisotopic (exact) mass is 310 g/mol. The number of carbonyl (C=O) groups is 1. The lowest BCUT2D eigenvalue weighted by Gasteiger charge is -2.14. The standard InChI is InChI=1S/C16H22N2O2.ClH/c1-9-5-12-7-15(20-14(12)6-10(9)2)16(19)18-8-13(17)11-3-4-11;/h5-6,11,13,15H,3-4,7-8,17H2,1-2H3,(H,18,19);1H. The molecular formula is C16H23ClN2O2. The lowest BCUT2D eigenvalue weighted by Crippen LogP contribution is -2.44. The number of rotatable bonds is 4. The molecule has 1 aromatic carbocycles. The zero-order valence-electron chi connectivity index (χ0n) is 12.5. The van der Waals surface area contributed by atoms with Crippen molar-refractivity contribution >= 4 is 18.3 Å². The van der Waals surface area contributed by atoms with Crippen LogP contribution in [0, 0.1) is 19.8 Å². The van der Waals surface area contributed by atoms with Gasteiger partial charge in [-0.3, -0.25) is 4.79 Å². The van der Waals surface area contributed by atoms with Crippen molar-refractivity contribution in [1.82, 2.24) is 5.32 Å². The molecule has 0 saturated heterocycles. The van der Waals surface area contributed by atoms with E-state index in [2.05, 4.69) is 25.2 Å². The summed E-state index contributed by atoms with van der Waals surface area (Å²) < 4.78 is 5.76. The summed E-state index contributed by atoms with van der Waals surface area (Å²) in [7, 11) is 0. The van der Waals surface area contributed by atoms with Crippen molar-refractivity contribution in [3.63, 3.8) is 0 Å². The fourth-order valence-corrected chi connectivity index (χ4v) is 2.68. The summed E-state index contributed by atoms with van der Waals surface area (Å²) in [5.41, 5.74) is 9.55. The number of carbonyl (C=O) groups excluding carboxylic acids is 1. The molecule has 1 aliphatic heterocycles. The van der Waals surface area contributed by atoms with Gasteiger partial charge in [-0.1, -0.05) is 6.07 Å². The quantitative estimate of drug-likeness (QED) is 0.892. The Morgan fingerprint density at radius 2 is 2.05 bits per heavy atom. The summed E-state index contributed by atoms with van der Waals surface area (Å²) in [5, 5.41) is 2.92. The molecule has 0 aromatic heterocycles. The second kappa shape index (κ2) is 6.24. The molecule has 0 radical (unpaired) electrons. The normalized spacial score (nSPS) is 21.0. The zero-order chi connectivity index (χ0) is 14.3. The predicted octanol–water partition coefficient (Wildman–Crippen LogP) is 1.88. The molecule has 0 bridgehead atoms. The minimum atomic E-state index is -0.405. The number of ether oxygens (including phenoxy) is 1. The maximum atomic E-state index is 12.1. The van der Waals surface area contributed by atoms with Gasteiger partial charge in [-0.25, -0.2) is 0 Å². The van der Waals surface area contributed by atoms with Crippen LogP contribution in [0.5, 0.6) is 5.75 Å². The second-order valence-electron chi connectivity index (χ2n) is 6.10. The number of nitrogens with one attached hydrogen (secondary N) is 1. The van der Waals surface area contributed by atoms with Crippen LogP contribution < -0.4 is 15.8 Å². The molecule has 1 amide bonds. The molecule has 1 heterocycles. The number of benzene rings is 1. The summed E-state index contributed by atoms with van der Waals surface area (Å²) in [4.78, 5) is 12.1. The van der Waals surface area contributed by atoms with Crippen molar-refractivity contribution in [1.29, 1.82) is 0 Å². The first-order chi connectivity index (χ1) is 9.54. The van der Waals surface area contributed by atoms with Crippen LogP contribution in [0.4, 0.5) is 0 Å². The molecule has 1 fully saturated rings. The number of nitrogens with two attached hydrogens (primary N) is 1. The van der Waals surface area contributed by atoms with E-state index in [4.69, 9.17) is 10.5 Å². The minimum absolute atomic E-state index is 0. The van der Waals surface area contributed by atoms with Gasteiger partial charge in [-0.2, -0.15) is 0 Å². The molecule has 0 spiro atoms. The van der Waals surface area contributed by atoms with Gasteiger partial charge in [-0.05, 0) is 55.4 Å². The van der Waals surface area contributed by atoms with Gasteiger partial charge in [0, 0.05) is 19.0 Å². The van der Waals surface area contributed by atoms with Gasteiger partial charge >= 0.3 is 0 Å². The Hall–Kier alpha value is -1.26. The van der Waals surface area contributed by atoms with E-state index in [1.807, 2.05) is 6.07 Å². The summed E-state index contributed by atoms with van der Waals surface area (Å²) in [6, 6.07) is 4.23. The molecule has 4 nitrogen and oxygen atoms in total. The van der Waals surface area contributed by atoms with Crippen molar-refractivity contribution in [2.45, 2.75) is 45.3 Å². The van der Waals surface area contributed by atoms with Crippen LogP contribution in [0.25, 0.3) is 0 Å². The highest BCUT2D eigenvalue weighted by atomic mass is 35.5. The van der Waals surface area contributed by atoms with Crippen LogP contribution >= 0.6 is 12.4 Å². The van der Waals surface area contributed by atoms with Crippen molar-refractivity contribution < 1.29 is 9.53 Å². The van der Waals surface area contributed by atoms with Crippen LogP contribution in [-0.4, -0.2) is 24.6 Å². The molecule has 5 heteroatoms. The molecule has 1 aromatic rings. The number of aryl methyl sites for hydroxylation is 2. The molecule has 2 atom stereocenters. The summed E-state index contributed by atoms with van der Waals surface area (Å²) in [6.07, 6.45) is 2.64. The van der Waals surface area contributed by atoms with E-state index in [1.165, 1.54) is 24.0 Å². The fraction of sp³-hybridized carbons (Fsp3) is 0.562. The zero-order valence-corrected chi connectivity index (χ0v) is 13.3. The van der Waals surface area contributed by atoms with Gasteiger partial charge < -0.3 is 15.8 Å². The van der Waals surface area contributed by atoms with Crippen molar-refractivity contribution in [3.8, 4) is 5.75 Å². The van der Waals surface area contributed by atoms with Crippen molar-refractivity contribution in [2.24, 2.45) is 11.7 Å². The third kappa shape index (κ3) is 3.50. The maximum Gasteiger partial charge on any atom is 0.261 e. The molecule has 3 rings (SSSR count). The first kappa shape index (κ1) is 16.1. The molecule has 2 unspecified atom stereocenters. The van der Waals surface area contributed by atoms with Crippen molar-refractivity contribution in [2.75, 3.05) is 6.54 Å². The van der Waals surface area contributed by atoms with Crippen LogP contribution in [-0.2, 0) is 11.2 Å². The van der Waals surface area contributed by atoms with Gasteiger partial charge in [-0.15, -0.1) is 12.4 Å². The Kier molecular flexibility index (Phi) is 4.79. The molecule has 116 valence electrons. The highest BCUT2D eigenvalue weighted by Gasteiger charge is 2.32. The number of hydrogen-bond acceptors (Lipinski definition) is 3. The number of fused-ring (bicyclic) bond motifs is 1. The highest BCUT2D eigenvalue weighted by molar-refractivity contribution is 5.85. The van der Waals surface area contributed by atoms with Gasteiger partial charge in [0.2, 0.25) is 0 Å². The van der Waals surface area contributed by atoms with Gasteiger partial charge in [0.05, 0.1) is 0 Å². The summed E-state index contributed by atoms with van der Waals surface area (Å²) >= 11 is 0. The Morgan fingerprint density at radius 3 is 2.71 bits per heavy atom. The number of halogens is 1. The molecular weight excluding hydrogens is 288 g/mol. The van der Waals surface area contributed by atoms with Crippen LogP contribution in [0.15, 0.2) is 12.1 Å². The van der Waals surface area contributed by atoms with E-state index < -0.39 is 6.10 Å². The SMILES string of the molecule is Cc1cc2c(cc1C)OC(C(=O)NCC(N)C1CC1)C2.Cl. The van der Waals surface area contributed by atoms with Crippen LogP contribution in [0.3, 0.4) is 0 Å². The first-order valence-corrected chi connectivity index (χ1v) is 7.34. The largest absolute Gasteiger partial charge is 0.480 e. The second-order valence-corrected chi connectivity index (χ2v) is 6.10. The van der Waals surface area contributed by atoms with Crippen molar-refractivity contribution in [3.05, 3.63) is 28.8 Å². The Morgan fingerprint density at radius 1 is 1.38 bits per heavy atom. The maximum absolute atomic E-state index is 12.1. The van der Waals surface area contributed by atoms with Gasteiger partial charge in [0.1, 0.15) is 5.75 Å². The van der Waals surface area contributed by atoms with Gasteiger partial charge in [0.15, 0.2) is 6.10 Å². The predicted molar refractivity (Wildman–Crippen MR) is 85.0 cm³/mol. The Balaban J connectivity index is 0.00000161. The summed E-state index contributed by atoms with van der Waals surface area (Å²) in [6.45, 7) is 4.69. The van der Waals surface area contributed by atoms with Crippen LogP contribution in [0.2, 0.25) is 0 Å². The number of hydrogen-bond donors (Lipinski definition) is 2. The third-order valence-corrected chi connectivity index (χ3v) is 4.38. The molecule has 21 heavy (non-hydrogen) atoms. The molecule has 1 saturated carbocycles. The Labute approximate surface area is 131 Å². The van der Waals surface area contributed by atoms with Gasteiger partial charge in [0.25, 0.3) is 5.91 Å².